The van der Waals surface area contributed by atoms with Gasteiger partial charge in [0.15, 0.2) is 5.82 Å². The molecule has 17 heavy (non-hydrogen) atoms. The average molecular weight is 232 g/mol. The van der Waals surface area contributed by atoms with Crippen LogP contribution in [0.5, 0.6) is 0 Å². The van der Waals surface area contributed by atoms with Crippen LogP contribution in [0.4, 0.5) is 10.2 Å². The molecule has 5 heteroatoms. The number of aryl methyl sites for hydroxylation is 2. The van der Waals surface area contributed by atoms with Crippen LogP contribution in [0.15, 0.2) is 24.3 Å². The third kappa shape index (κ3) is 2.39. The van der Waals surface area contributed by atoms with Gasteiger partial charge in [-0.2, -0.15) is 0 Å². The number of nitrogens with one attached hydrogen (secondary N) is 1. The van der Waals surface area contributed by atoms with Crippen molar-refractivity contribution in [3.8, 4) is 11.4 Å². The molecule has 0 aliphatic heterocycles. The predicted octanol–water partition coefficient (Wildman–Crippen LogP) is 2.19. The van der Waals surface area contributed by atoms with Gasteiger partial charge in [-0.25, -0.2) is 20.2 Å². The lowest BCUT2D eigenvalue weighted by Gasteiger charge is -2.07. The summed E-state index contributed by atoms with van der Waals surface area (Å²) in [4.78, 5) is 8.56. The number of benzene rings is 1. The van der Waals surface area contributed by atoms with Crippen molar-refractivity contribution in [1.29, 1.82) is 0 Å². The van der Waals surface area contributed by atoms with Crippen LogP contribution in [-0.2, 0) is 0 Å². The molecule has 0 radical (unpaired) electrons. The van der Waals surface area contributed by atoms with Crippen molar-refractivity contribution in [3.63, 3.8) is 0 Å². The Morgan fingerprint density at radius 1 is 1.18 bits per heavy atom. The summed E-state index contributed by atoms with van der Waals surface area (Å²) < 4.78 is 13.0. The smallest absolute Gasteiger partial charge is 0.162 e. The van der Waals surface area contributed by atoms with Crippen LogP contribution in [0.1, 0.15) is 11.3 Å². The lowest BCUT2D eigenvalue weighted by molar-refractivity contribution is 0.627. The fraction of sp³-hybridized carbons (Fsp3) is 0.167. The second kappa shape index (κ2) is 4.47. The van der Waals surface area contributed by atoms with Crippen LogP contribution in [0, 0.1) is 19.7 Å². The number of nitrogen functional groups attached to an aromatic ring is 1. The summed E-state index contributed by atoms with van der Waals surface area (Å²) >= 11 is 0. The van der Waals surface area contributed by atoms with Crippen LogP contribution < -0.4 is 11.3 Å². The molecule has 88 valence electrons. The summed E-state index contributed by atoms with van der Waals surface area (Å²) in [7, 11) is 0. The van der Waals surface area contributed by atoms with Crippen molar-refractivity contribution in [2.24, 2.45) is 5.84 Å². The van der Waals surface area contributed by atoms with Crippen LogP contribution in [0.3, 0.4) is 0 Å². The lowest BCUT2D eigenvalue weighted by atomic mass is 10.1. The Labute approximate surface area is 98.7 Å². The summed E-state index contributed by atoms with van der Waals surface area (Å²) in [5.41, 5.74) is 4.87. The van der Waals surface area contributed by atoms with Gasteiger partial charge in [-0.05, 0) is 37.6 Å². The van der Waals surface area contributed by atoms with Gasteiger partial charge in [0, 0.05) is 17.3 Å². The molecule has 1 aromatic heterocycles. The summed E-state index contributed by atoms with van der Waals surface area (Å²) in [6, 6.07) is 6.25. The van der Waals surface area contributed by atoms with E-state index in [9.17, 15) is 4.39 Å². The van der Waals surface area contributed by atoms with Gasteiger partial charge in [0.25, 0.3) is 0 Å². The molecular formula is C12H13FN4. The Morgan fingerprint density at radius 3 is 2.59 bits per heavy atom. The predicted molar refractivity (Wildman–Crippen MR) is 64.7 cm³/mol. The fourth-order valence-electron chi connectivity index (χ4n) is 1.64. The minimum atomic E-state index is -0.268. The molecule has 1 heterocycles. The van der Waals surface area contributed by atoms with E-state index < -0.39 is 0 Å². The molecule has 0 spiro atoms. The zero-order valence-electron chi connectivity index (χ0n) is 9.66. The number of hydrazine groups is 1. The van der Waals surface area contributed by atoms with Crippen LogP contribution in [0.25, 0.3) is 11.4 Å². The Balaban J connectivity index is 2.55. The Kier molecular flexibility index (Phi) is 3.01. The SMILES string of the molecule is Cc1cc(NN)nc(-c2ccc(F)cc2C)n1. The third-order valence-corrected chi connectivity index (χ3v) is 2.43. The van der Waals surface area contributed by atoms with Crippen molar-refractivity contribution in [2.75, 3.05) is 5.43 Å². The van der Waals surface area contributed by atoms with Crippen molar-refractivity contribution in [1.82, 2.24) is 9.97 Å². The topological polar surface area (TPSA) is 63.8 Å². The molecule has 0 saturated carbocycles. The Bertz CT molecular complexity index is 554. The van der Waals surface area contributed by atoms with Crippen LogP contribution >= 0.6 is 0 Å². The highest BCUT2D eigenvalue weighted by Crippen LogP contribution is 2.22. The van der Waals surface area contributed by atoms with Crippen molar-refractivity contribution < 1.29 is 4.39 Å². The monoisotopic (exact) mass is 232 g/mol. The molecule has 0 atom stereocenters. The maximum atomic E-state index is 13.0. The van der Waals surface area contributed by atoms with E-state index in [1.165, 1.54) is 12.1 Å². The van der Waals surface area contributed by atoms with E-state index in [0.717, 1.165) is 16.8 Å². The van der Waals surface area contributed by atoms with E-state index in [0.29, 0.717) is 11.6 Å². The van der Waals surface area contributed by atoms with Crippen molar-refractivity contribution in [2.45, 2.75) is 13.8 Å². The number of nitrogens with zero attached hydrogens (tertiary/aromatic N) is 2. The van der Waals surface area contributed by atoms with Gasteiger partial charge in [0.1, 0.15) is 11.6 Å². The number of nitrogens with two attached hydrogens (primary N) is 1. The van der Waals surface area contributed by atoms with E-state index in [1.807, 2.05) is 13.8 Å². The van der Waals surface area contributed by atoms with Gasteiger partial charge in [0.05, 0.1) is 0 Å². The van der Waals surface area contributed by atoms with Crippen molar-refractivity contribution in [3.05, 3.63) is 41.3 Å². The largest absolute Gasteiger partial charge is 0.308 e. The lowest BCUT2D eigenvalue weighted by Crippen LogP contribution is -2.10. The molecule has 2 rings (SSSR count). The molecule has 2 aromatic rings. The molecule has 0 bridgehead atoms. The first-order valence-electron chi connectivity index (χ1n) is 5.19. The maximum absolute atomic E-state index is 13.0. The van der Waals surface area contributed by atoms with E-state index >= 15 is 0 Å². The first-order chi connectivity index (χ1) is 8.10. The number of hydrogen-bond donors (Lipinski definition) is 2. The number of anilines is 1. The minimum absolute atomic E-state index is 0.268. The van der Waals surface area contributed by atoms with E-state index in [1.54, 1.807) is 12.1 Å². The highest BCUT2D eigenvalue weighted by molar-refractivity contribution is 5.61. The standard InChI is InChI=1S/C12H13FN4/c1-7-5-9(13)3-4-10(7)12-15-8(2)6-11(16-12)17-14/h3-6H,14H2,1-2H3,(H,15,16,17). The van der Waals surface area contributed by atoms with Gasteiger partial charge >= 0.3 is 0 Å². The molecule has 0 saturated heterocycles. The molecule has 0 amide bonds. The Morgan fingerprint density at radius 2 is 1.94 bits per heavy atom. The molecule has 1 aromatic carbocycles. The molecule has 0 aliphatic carbocycles. The average Bonchev–Trinajstić information content (AvgIpc) is 2.28. The van der Waals surface area contributed by atoms with Gasteiger partial charge in [-0.1, -0.05) is 0 Å². The van der Waals surface area contributed by atoms with Gasteiger partial charge in [0.2, 0.25) is 0 Å². The molecule has 3 N–H and O–H groups in total. The number of rotatable bonds is 2. The first kappa shape index (κ1) is 11.5. The normalized spacial score (nSPS) is 10.4. The summed E-state index contributed by atoms with van der Waals surface area (Å²) in [6.07, 6.45) is 0. The zero-order chi connectivity index (χ0) is 12.4. The van der Waals surface area contributed by atoms with E-state index in [4.69, 9.17) is 5.84 Å². The quantitative estimate of drug-likeness (QED) is 0.615. The van der Waals surface area contributed by atoms with E-state index in [-0.39, 0.29) is 5.82 Å². The van der Waals surface area contributed by atoms with Crippen LogP contribution in [0.2, 0.25) is 0 Å². The van der Waals surface area contributed by atoms with Crippen LogP contribution in [-0.4, -0.2) is 9.97 Å². The second-order valence-electron chi connectivity index (χ2n) is 3.82. The second-order valence-corrected chi connectivity index (χ2v) is 3.82. The van der Waals surface area contributed by atoms with Gasteiger partial charge in [-0.3, -0.25) is 0 Å². The van der Waals surface area contributed by atoms with Crippen molar-refractivity contribution >= 4 is 5.82 Å². The highest BCUT2D eigenvalue weighted by atomic mass is 19.1. The van der Waals surface area contributed by atoms with Gasteiger partial charge < -0.3 is 5.43 Å². The summed E-state index contributed by atoms with van der Waals surface area (Å²) in [5.74, 6) is 6.14. The minimum Gasteiger partial charge on any atom is -0.308 e. The summed E-state index contributed by atoms with van der Waals surface area (Å²) in [5, 5.41) is 0. The molecule has 4 nitrogen and oxygen atoms in total. The maximum Gasteiger partial charge on any atom is 0.162 e. The van der Waals surface area contributed by atoms with Gasteiger partial charge in [-0.15, -0.1) is 0 Å². The summed E-state index contributed by atoms with van der Waals surface area (Å²) in [6.45, 7) is 3.67. The number of hydrogen-bond acceptors (Lipinski definition) is 4. The third-order valence-electron chi connectivity index (χ3n) is 2.43. The fourth-order valence-corrected chi connectivity index (χ4v) is 1.64. The Hall–Kier alpha value is -2.01. The molecular weight excluding hydrogens is 219 g/mol. The first-order valence-corrected chi connectivity index (χ1v) is 5.19. The molecule has 0 unspecified atom stereocenters. The number of halogens is 1. The highest BCUT2D eigenvalue weighted by Gasteiger charge is 2.08. The molecule has 0 aliphatic rings. The zero-order valence-corrected chi connectivity index (χ0v) is 9.66. The number of aromatic nitrogens is 2. The molecule has 0 fully saturated rings. The van der Waals surface area contributed by atoms with E-state index in [2.05, 4.69) is 15.4 Å².